The molecule has 2 aromatic rings. The van der Waals surface area contributed by atoms with Gasteiger partial charge in [-0.2, -0.15) is 0 Å². The van der Waals surface area contributed by atoms with Crippen LogP contribution < -0.4 is 15.2 Å². The summed E-state index contributed by atoms with van der Waals surface area (Å²) >= 11 is 0. The summed E-state index contributed by atoms with van der Waals surface area (Å²) in [5, 5.41) is 0. The minimum absolute atomic E-state index is 0.498. The third-order valence-corrected chi connectivity index (χ3v) is 3.03. The highest BCUT2D eigenvalue weighted by Gasteiger charge is 2.03. The van der Waals surface area contributed by atoms with E-state index in [0.717, 1.165) is 16.9 Å². The second kappa shape index (κ2) is 5.65. The molecule has 0 bridgehead atoms. The van der Waals surface area contributed by atoms with E-state index >= 15 is 0 Å². The maximum atomic E-state index is 5.87. The number of nitrogen functional groups attached to an aromatic ring is 1. The Hall–Kier alpha value is -2.16. The average molecular weight is 257 g/mol. The van der Waals surface area contributed by atoms with Gasteiger partial charge in [0.25, 0.3) is 0 Å². The number of ether oxygens (including phenoxy) is 2. The van der Waals surface area contributed by atoms with E-state index in [9.17, 15) is 0 Å². The van der Waals surface area contributed by atoms with E-state index in [1.54, 1.807) is 7.11 Å². The molecule has 0 radical (unpaired) electrons. The van der Waals surface area contributed by atoms with Gasteiger partial charge >= 0.3 is 0 Å². The molecule has 3 nitrogen and oxygen atoms in total. The van der Waals surface area contributed by atoms with Crippen LogP contribution in [0.25, 0.3) is 0 Å². The van der Waals surface area contributed by atoms with Crippen molar-refractivity contribution in [2.75, 3.05) is 12.8 Å². The van der Waals surface area contributed by atoms with Gasteiger partial charge in [0.1, 0.15) is 18.1 Å². The molecule has 0 saturated heterocycles. The van der Waals surface area contributed by atoms with Crippen LogP contribution in [-0.4, -0.2) is 7.11 Å². The first-order chi connectivity index (χ1) is 9.10. The number of hydrogen-bond donors (Lipinski definition) is 1. The first-order valence-electron chi connectivity index (χ1n) is 6.22. The summed E-state index contributed by atoms with van der Waals surface area (Å²) in [5.41, 5.74) is 9.85. The second-order valence-electron chi connectivity index (χ2n) is 4.63. The lowest BCUT2D eigenvalue weighted by molar-refractivity contribution is 0.304. The van der Waals surface area contributed by atoms with Crippen LogP contribution in [0.2, 0.25) is 0 Å². The lowest BCUT2D eigenvalue weighted by atomic mass is 10.1. The Morgan fingerprint density at radius 2 is 1.79 bits per heavy atom. The molecule has 0 aliphatic rings. The van der Waals surface area contributed by atoms with Crippen molar-refractivity contribution in [2.24, 2.45) is 0 Å². The van der Waals surface area contributed by atoms with E-state index in [4.69, 9.17) is 15.2 Å². The van der Waals surface area contributed by atoms with Crippen LogP contribution in [0.5, 0.6) is 11.5 Å². The van der Waals surface area contributed by atoms with Crippen molar-refractivity contribution in [2.45, 2.75) is 20.5 Å². The van der Waals surface area contributed by atoms with Gasteiger partial charge in [0.05, 0.1) is 12.8 Å². The van der Waals surface area contributed by atoms with E-state index in [1.807, 2.05) is 31.2 Å². The molecule has 0 amide bonds. The zero-order valence-corrected chi connectivity index (χ0v) is 11.6. The number of hydrogen-bond acceptors (Lipinski definition) is 3. The standard InChI is InChI=1S/C16H19NO2/c1-11-4-5-12(2)16(8-11)19-10-13-6-7-15(18-3)14(17)9-13/h4-9H,10,17H2,1-3H3. The highest BCUT2D eigenvalue weighted by molar-refractivity contribution is 5.54. The second-order valence-corrected chi connectivity index (χ2v) is 4.63. The van der Waals surface area contributed by atoms with Crippen LogP contribution in [0.15, 0.2) is 36.4 Å². The highest BCUT2D eigenvalue weighted by atomic mass is 16.5. The fraction of sp³-hybridized carbons (Fsp3) is 0.250. The van der Waals surface area contributed by atoms with Crippen molar-refractivity contribution in [3.8, 4) is 11.5 Å². The summed E-state index contributed by atoms with van der Waals surface area (Å²) in [6.45, 7) is 4.59. The van der Waals surface area contributed by atoms with E-state index in [2.05, 4.69) is 19.1 Å². The van der Waals surface area contributed by atoms with Gasteiger partial charge in [-0.25, -0.2) is 0 Å². The Kier molecular flexibility index (Phi) is 3.95. The van der Waals surface area contributed by atoms with Crippen molar-refractivity contribution in [3.05, 3.63) is 53.1 Å². The molecule has 0 atom stereocenters. The van der Waals surface area contributed by atoms with E-state index < -0.39 is 0 Å². The van der Waals surface area contributed by atoms with Crippen molar-refractivity contribution in [1.82, 2.24) is 0 Å². The predicted molar refractivity (Wildman–Crippen MR) is 77.7 cm³/mol. The molecule has 0 aliphatic carbocycles. The molecule has 19 heavy (non-hydrogen) atoms. The number of rotatable bonds is 4. The fourth-order valence-corrected chi connectivity index (χ4v) is 1.90. The van der Waals surface area contributed by atoms with E-state index in [1.165, 1.54) is 5.56 Å². The Bertz CT molecular complexity index is 579. The zero-order chi connectivity index (χ0) is 13.8. The van der Waals surface area contributed by atoms with Crippen molar-refractivity contribution in [3.63, 3.8) is 0 Å². The normalized spacial score (nSPS) is 10.3. The first kappa shape index (κ1) is 13.3. The number of nitrogens with two attached hydrogens (primary N) is 1. The van der Waals surface area contributed by atoms with Crippen LogP contribution in [0.1, 0.15) is 16.7 Å². The Balaban J connectivity index is 2.10. The van der Waals surface area contributed by atoms with Crippen LogP contribution in [0, 0.1) is 13.8 Å². The van der Waals surface area contributed by atoms with Gasteiger partial charge in [-0.05, 0) is 48.7 Å². The van der Waals surface area contributed by atoms with Gasteiger partial charge in [0, 0.05) is 0 Å². The van der Waals surface area contributed by atoms with Crippen LogP contribution in [0.3, 0.4) is 0 Å². The number of anilines is 1. The molecule has 0 heterocycles. The number of aryl methyl sites for hydroxylation is 2. The van der Waals surface area contributed by atoms with Crippen LogP contribution in [0.4, 0.5) is 5.69 Å². The quantitative estimate of drug-likeness (QED) is 0.853. The summed E-state index contributed by atoms with van der Waals surface area (Å²) in [6.07, 6.45) is 0. The van der Waals surface area contributed by atoms with Crippen molar-refractivity contribution in [1.29, 1.82) is 0 Å². The molecule has 2 rings (SSSR count). The summed E-state index contributed by atoms with van der Waals surface area (Å²) in [4.78, 5) is 0. The molecular weight excluding hydrogens is 238 g/mol. The Morgan fingerprint density at radius 1 is 1.00 bits per heavy atom. The highest BCUT2D eigenvalue weighted by Crippen LogP contribution is 2.24. The number of methoxy groups -OCH3 is 1. The van der Waals surface area contributed by atoms with Gasteiger partial charge in [-0.3, -0.25) is 0 Å². The molecule has 2 aromatic carbocycles. The lowest BCUT2D eigenvalue weighted by Gasteiger charge is -2.11. The van der Waals surface area contributed by atoms with Gasteiger partial charge in [-0.15, -0.1) is 0 Å². The minimum Gasteiger partial charge on any atom is -0.495 e. The SMILES string of the molecule is COc1ccc(COc2cc(C)ccc2C)cc1N. The zero-order valence-electron chi connectivity index (χ0n) is 11.6. The Morgan fingerprint density at radius 3 is 2.47 bits per heavy atom. The summed E-state index contributed by atoms with van der Waals surface area (Å²) in [5.74, 6) is 1.60. The van der Waals surface area contributed by atoms with Gasteiger partial charge in [-0.1, -0.05) is 18.2 Å². The number of benzene rings is 2. The van der Waals surface area contributed by atoms with Gasteiger partial charge in [0.2, 0.25) is 0 Å². The topological polar surface area (TPSA) is 44.5 Å². The maximum Gasteiger partial charge on any atom is 0.141 e. The van der Waals surface area contributed by atoms with Gasteiger partial charge < -0.3 is 15.2 Å². The molecule has 0 aliphatic heterocycles. The minimum atomic E-state index is 0.498. The fourth-order valence-electron chi connectivity index (χ4n) is 1.90. The molecule has 0 spiro atoms. The third kappa shape index (κ3) is 3.19. The van der Waals surface area contributed by atoms with E-state index in [0.29, 0.717) is 18.0 Å². The molecule has 3 heteroatoms. The Labute approximate surface area is 114 Å². The predicted octanol–water partition coefficient (Wildman–Crippen LogP) is 3.47. The average Bonchev–Trinajstić information content (AvgIpc) is 2.40. The van der Waals surface area contributed by atoms with Crippen molar-refractivity contribution >= 4 is 5.69 Å². The smallest absolute Gasteiger partial charge is 0.141 e. The molecule has 0 saturated carbocycles. The molecular formula is C16H19NO2. The molecule has 0 unspecified atom stereocenters. The molecule has 0 aromatic heterocycles. The van der Waals surface area contributed by atoms with E-state index in [-0.39, 0.29) is 0 Å². The monoisotopic (exact) mass is 257 g/mol. The molecule has 100 valence electrons. The lowest BCUT2D eigenvalue weighted by Crippen LogP contribution is -1.99. The van der Waals surface area contributed by atoms with Crippen LogP contribution >= 0.6 is 0 Å². The summed E-state index contributed by atoms with van der Waals surface area (Å²) < 4.78 is 11.0. The third-order valence-electron chi connectivity index (χ3n) is 3.03. The molecule has 0 fully saturated rings. The van der Waals surface area contributed by atoms with Crippen LogP contribution in [-0.2, 0) is 6.61 Å². The largest absolute Gasteiger partial charge is 0.495 e. The summed E-state index contributed by atoms with van der Waals surface area (Å²) in [7, 11) is 1.61. The molecule has 2 N–H and O–H groups in total. The maximum absolute atomic E-state index is 5.87. The van der Waals surface area contributed by atoms with Gasteiger partial charge in [0.15, 0.2) is 0 Å². The summed E-state index contributed by atoms with van der Waals surface area (Å²) in [6, 6.07) is 11.9. The van der Waals surface area contributed by atoms with Crippen molar-refractivity contribution < 1.29 is 9.47 Å². The first-order valence-corrected chi connectivity index (χ1v) is 6.22.